The van der Waals surface area contributed by atoms with E-state index >= 15 is 0 Å². The molecule has 0 aliphatic rings. The van der Waals surface area contributed by atoms with Crippen LogP contribution in [0.2, 0.25) is 0 Å². The van der Waals surface area contributed by atoms with E-state index in [1.165, 1.54) is 16.7 Å². The minimum Gasteiger partial charge on any atom is -0.408 e. The molecule has 0 unspecified atom stereocenters. The van der Waals surface area contributed by atoms with Crippen LogP contribution in [-0.2, 0) is 26.3 Å². The number of rotatable bonds is 4. The van der Waals surface area contributed by atoms with Crippen LogP contribution in [0.4, 0.5) is 13.2 Å². The lowest BCUT2D eigenvalue weighted by molar-refractivity contribution is -0.141. The summed E-state index contributed by atoms with van der Waals surface area (Å²) in [5.74, 6) is -0.441. The molecular formula is C16H14F3N3O2. The third-order valence-corrected chi connectivity index (χ3v) is 3.59. The highest BCUT2D eigenvalue weighted by atomic mass is 19.4. The molecule has 1 aromatic carbocycles. The van der Waals surface area contributed by atoms with E-state index in [2.05, 4.69) is 10.3 Å². The van der Waals surface area contributed by atoms with Gasteiger partial charge in [0, 0.05) is 20.1 Å². The minimum atomic E-state index is -4.45. The molecule has 0 bridgehead atoms. The molecule has 0 amide bonds. The monoisotopic (exact) mass is 337 g/mol. The summed E-state index contributed by atoms with van der Waals surface area (Å²) in [6.07, 6.45) is -4.45. The zero-order valence-electron chi connectivity index (χ0n) is 12.7. The molecule has 0 saturated carbocycles. The van der Waals surface area contributed by atoms with Crippen LogP contribution >= 0.6 is 0 Å². The first-order chi connectivity index (χ1) is 11.3. The van der Waals surface area contributed by atoms with Gasteiger partial charge in [-0.1, -0.05) is 12.1 Å². The van der Waals surface area contributed by atoms with Crippen LogP contribution in [0.15, 0.2) is 45.6 Å². The van der Waals surface area contributed by atoms with Crippen molar-refractivity contribution in [3.63, 3.8) is 0 Å². The Morgan fingerprint density at radius 2 is 2.00 bits per heavy atom. The van der Waals surface area contributed by atoms with Gasteiger partial charge in [0.25, 0.3) is 0 Å². The first-order valence-electron chi connectivity index (χ1n) is 7.17. The van der Waals surface area contributed by atoms with Crippen molar-refractivity contribution in [3.8, 4) is 0 Å². The van der Waals surface area contributed by atoms with Crippen molar-refractivity contribution in [1.82, 2.24) is 14.9 Å². The fraction of sp³-hybridized carbons (Fsp3) is 0.250. The summed E-state index contributed by atoms with van der Waals surface area (Å²) in [6.45, 7) is 0.604. The van der Waals surface area contributed by atoms with Crippen LogP contribution in [0.25, 0.3) is 11.1 Å². The Kier molecular flexibility index (Phi) is 4.15. The molecule has 0 saturated heterocycles. The molecule has 2 heterocycles. The van der Waals surface area contributed by atoms with Gasteiger partial charge in [0.1, 0.15) is 5.69 Å². The molecule has 0 aliphatic heterocycles. The smallest absolute Gasteiger partial charge is 0.408 e. The molecule has 3 rings (SSSR count). The highest BCUT2D eigenvalue weighted by Gasteiger charge is 2.32. The zero-order chi connectivity index (χ0) is 17.3. The van der Waals surface area contributed by atoms with E-state index in [0.717, 1.165) is 11.6 Å². The Balaban J connectivity index is 1.67. The predicted molar refractivity (Wildman–Crippen MR) is 81.2 cm³/mol. The van der Waals surface area contributed by atoms with Crippen molar-refractivity contribution in [1.29, 1.82) is 0 Å². The van der Waals surface area contributed by atoms with Crippen LogP contribution < -0.4 is 11.1 Å². The van der Waals surface area contributed by atoms with Crippen molar-refractivity contribution in [2.24, 2.45) is 7.05 Å². The van der Waals surface area contributed by atoms with Gasteiger partial charge in [-0.15, -0.1) is 0 Å². The molecular weight excluding hydrogens is 323 g/mol. The van der Waals surface area contributed by atoms with Crippen LogP contribution in [-0.4, -0.2) is 9.55 Å². The van der Waals surface area contributed by atoms with Gasteiger partial charge in [-0.05, 0) is 29.8 Å². The maximum absolute atomic E-state index is 12.6. The highest BCUT2D eigenvalue weighted by Crippen LogP contribution is 2.27. The number of benzene rings is 1. The average Bonchev–Trinajstić information content (AvgIpc) is 2.81. The van der Waals surface area contributed by atoms with E-state index in [9.17, 15) is 18.0 Å². The Morgan fingerprint density at radius 3 is 2.75 bits per heavy atom. The lowest BCUT2D eigenvalue weighted by atomic mass is 10.2. The Hall–Kier alpha value is -2.61. The summed E-state index contributed by atoms with van der Waals surface area (Å²) in [7, 11) is 1.62. The first kappa shape index (κ1) is 16.3. The van der Waals surface area contributed by atoms with E-state index in [-0.39, 0.29) is 6.54 Å². The normalized spacial score (nSPS) is 12.0. The molecule has 0 aliphatic carbocycles. The van der Waals surface area contributed by atoms with Gasteiger partial charge in [-0.3, -0.25) is 4.57 Å². The highest BCUT2D eigenvalue weighted by molar-refractivity contribution is 5.73. The number of pyridine rings is 1. The molecule has 5 nitrogen and oxygen atoms in total. The average molecular weight is 337 g/mol. The van der Waals surface area contributed by atoms with E-state index < -0.39 is 17.6 Å². The largest absolute Gasteiger partial charge is 0.433 e. The van der Waals surface area contributed by atoms with E-state index in [1.54, 1.807) is 19.2 Å². The zero-order valence-corrected chi connectivity index (χ0v) is 12.7. The summed E-state index contributed by atoms with van der Waals surface area (Å²) in [5, 5.41) is 3.03. The maximum Gasteiger partial charge on any atom is 0.433 e. The number of fused-ring (bicyclic) bond motifs is 1. The topological polar surface area (TPSA) is 60.1 Å². The summed E-state index contributed by atoms with van der Waals surface area (Å²) < 4.78 is 44.4. The SMILES string of the molecule is Cn1c(=O)oc2cc(CNCc3cccc(C(F)(F)F)n3)ccc21. The van der Waals surface area contributed by atoms with Crippen molar-refractivity contribution in [2.75, 3.05) is 0 Å². The molecule has 0 fully saturated rings. The number of oxazole rings is 1. The fourth-order valence-corrected chi connectivity index (χ4v) is 2.36. The van der Waals surface area contributed by atoms with Crippen LogP contribution in [0.5, 0.6) is 0 Å². The number of hydrogen-bond donors (Lipinski definition) is 1. The number of nitrogens with zero attached hydrogens (tertiary/aromatic N) is 2. The molecule has 3 aromatic rings. The minimum absolute atomic E-state index is 0.195. The Morgan fingerprint density at radius 1 is 1.21 bits per heavy atom. The van der Waals surface area contributed by atoms with E-state index in [4.69, 9.17) is 4.42 Å². The van der Waals surface area contributed by atoms with Crippen molar-refractivity contribution in [2.45, 2.75) is 19.3 Å². The van der Waals surface area contributed by atoms with Gasteiger partial charge in [-0.2, -0.15) is 13.2 Å². The summed E-state index contributed by atoms with van der Waals surface area (Å²) in [6, 6.07) is 9.11. The number of aromatic nitrogens is 2. The van der Waals surface area contributed by atoms with Crippen LogP contribution in [0, 0.1) is 0 Å². The van der Waals surface area contributed by atoms with Gasteiger partial charge in [0.2, 0.25) is 0 Å². The lowest BCUT2D eigenvalue weighted by Gasteiger charge is -2.08. The number of aryl methyl sites for hydroxylation is 1. The maximum atomic E-state index is 12.6. The lowest BCUT2D eigenvalue weighted by Crippen LogP contribution is -2.16. The second-order valence-corrected chi connectivity index (χ2v) is 5.34. The van der Waals surface area contributed by atoms with Gasteiger partial charge in [0.15, 0.2) is 5.58 Å². The van der Waals surface area contributed by atoms with Gasteiger partial charge < -0.3 is 9.73 Å². The van der Waals surface area contributed by atoms with Gasteiger partial charge >= 0.3 is 11.9 Å². The molecule has 1 N–H and O–H groups in total. The van der Waals surface area contributed by atoms with Gasteiger partial charge in [-0.25, -0.2) is 9.78 Å². The Labute approximate surface area is 134 Å². The molecule has 0 spiro atoms. The fourth-order valence-electron chi connectivity index (χ4n) is 2.36. The summed E-state index contributed by atoms with van der Waals surface area (Å²) in [4.78, 5) is 15.0. The number of nitrogens with one attached hydrogen (secondary N) is 1. The van der Waals surface area contributed by atoms with E-state index in [0.29, 0.717) is 23.3 Å². The molecule has 126 valence electrons. The van der Waals surface area contributed by atoms with Gasteiger partial charge in [0.05, 0.1) is 11.2 Å². The van der Waals surface area contributed by atoms with Crippen molar-refractivity contribution < 1.29 is 17.6 Å². The number of halogens is 3. The second kappa shape index (κ2) is 6.12. The molecule has 8 heteroatoms. The van der Waals surface area contributed by atoms with Crippen LogP contribution in [0.3, 0.4) is 0 Å². The third kappa shape index (κ3) is 3.33. The predicted octanol–water partition coefficient (Wildman–Crippen LogP) is 2.84. The van der Waals surface area contributed by atoms with E-state index in [1.807, 2.05) is 6.07 Å². The number of hydrogen-bond acceptors (Lipinski definition) is 4. The third-order valence-electron chi connectivity index (χ3n) is 3.59. The first-order valence-corrected chi connectivity index (χ1v) is 7.17. The Bertz CT molecular complexity index is 928. The molecule has 24 heavy (non-hydrogen) atoms. The molecule has 0 radical (unpaired) electrons. The van der Waals surface area contributed by atoms with Crippen LogP contribution in [0.1, 0.15) is 17.0 Å². The summed E-state index contributed by atoms with van der Waals surface area (Å²) >= 11 is 0. The number of alkyl halides is 3. The standard InChI is InChI=1S/C16H14F3N3O2/c1-22-12-6-5-10(7-13(12)24-15(22)23)8-20-9-11-3-2-4-14(21-11)16(17,18)19/h2-7,20H,8-9H2,1H3. The van der Waals surface area contributed by atoms with Crippen molar-refractivity contribution in [3.05, 3.63) is 63.9 Å². The molecule has 2 aromatic heterocycles. The second-order valence-electron chi connectivity index (χ2n) is 5.34. The quantitative estimate of drug-likeness (QED) is 0.795. The molecule has 0 atom stereocenters. The van der Waals surface area contributed by atoms with Crippen molar-refractivity contribution >= 4 is 11.1 Å². The summed E-state index contributed by atoms with van der Waals surface area (Å²) in [5.41, 5.74) is 1.40.